The van der Waals surface area contributed by atoms with Crippen molar-refractivity contribution in [2.75, 3.05) is 53.2 Å². The molecule has 13 heteroatoms. The molecule has 0 aliphatic carbocycles. The second-order valence-corrected chi connectivity index (χ2v) is 9.81. The van der Waals surface area contributed by atoms with Crippen molar-refractivity contribution in [3.63, 3.8) is 0 Å². The van der Waals surface area contributed by atoms with Gasteiger partial charge in [0, 0.05) is 31.1 Å². The van der Waals surface area contributed by atoms with Gasteiger partial charge in [-0.3, -0.25) is 9.69 Å². The van der Waals surface area contributed by atoms with Crippen molar-refractivity contribution < 1.29 is 48.0 Å². The zero-order valence-electron chi connectivity index (χ0n) is 24.9. The number of rotatable bonds is 17. The summed E-state index contributed by atoms with van der Waals surface area (Å²) in [5, 5.41) is 9.22. The van der Waals surface area contributed by atoms with Gasteiger partial charge in [0.25, 0.3) is 5.09 Å². The number of esters is 3. The van der Waals surface area contributed by atoms with E-state index in [1.165, 1.54) is 25.3 Å². The second-order valence-electron chi connectivity index (χ2n) is 9.81. The second kappa shape index (κ2) is 18.2. The lowest BCUT2D eigenvalue weighted by Gasteiger charge is -2.27. The third kappa shape index (κ3) is 11.3. The van der Waals surface area contributed by atoms with E-state index in [0.29, 0.717) is 43.9 Å². The Balaban J connectivity index is 1.67. The first-order valence-electron chi connectivity index (χ1n) is 14.4. The number of carbonyl (C=O) groups excluding carboxylic acids is 3. The minimum absolute atomic E-state index is 0.0386. The first kappa shape index (κ1) is 34.0. The lowest BCUT2D eigenvalue weighted by molar-refractivity contribution is -0.757. The summed E-state index contributed by atoms with van der Waals surface area (Å²) in [4.78, 5) is 54.5. The minimum Gasteiger partial charge on any atom is -0.493 e. The predicted molar refractivity (Wildman–Crippen MR) is 158 cm³/mol. The van der Waals surface area contributed by atoms with E-state index in [-0.39, 0.29) is 49.2 Å². The number of hydrogen-bond donors (Lipinski definition) is 0. The number of unbranched alkanes of at least 4 members (excludes halogenated alkanes) is 1. The molecule has 0 N–H and O–H groups in total. The molecule has 13 nitrogen and oxygen atoms in total. The van der Waals surface area contributed by atoms with Crippen molar-refractivity contribution in [3.8, 4) is 11.5 Å². The molecule has 1 atom stereocenters. The SMILES string of the molecule is CCCC[C@H](OC(=O)CN1CCOCC1)c1ccccc1C(=O)Oc1ccc(/C=C/C(=O)OCCCO[N+](=O)[O-])cc1OC. The van der Waals surface area contributed by atoms with Gasteiger partial charge in [-0.2, -0.15) is 0 Å². The van der Waals surface area contributed by atoms with Crippen LogP contribution < -0.4 is 9.47 Å². The van der Waals surface area contributed by atoms with E-state index in [4.69, 9.17) is 23.7 Å². The maximum absolute atomic E-state index is 13.4. The maximum atomic E-state index is 13.4. The number of ether oxygens (including phenoxy) is 5. The van der Waals surface area contributed by atoms with E-state index in [2.05, 4.69) is 4.84 Å². The van der Waals surface area contributed by atoms with Gasteiger partial charge in [-0.05, 0) is 42.7 Å². The summed E-state index contributed by atoms with van der Waals surface area (Å²) in [6.07, 6.45) is 4.47. The van der Waals surface area contributed by atoms with E-state index in [0.717, 1.165) is 12.8 Å². The summed E-state index contributed by atoms with van der Waals surface area (Å²) in [6, 6.07) is 11.6. The van der Waals surface area contributed by atoms with Crippen LogP contribution in [0.2, 0.25) is 0 Å². The van der Waals surface area contributed by atoms with Crippen molar-refractivity contribution in [3.05, 3.63) is 75.3 Å². The van der Waals surface area contributed by atoms with Gasteiger partial charge in [-0.1, -0.05) is 37.6 Å². The topological polar surface area (TPSA) is 153 Å². The van der Waals surface area contributed by atoms with E-state index in [9.17, 15) is 24.5 Å². The zero-order valence-corrected chi connectivity index (χ0v) is 24.9. The lowest BCUT2D eigenvalue weighted by atomic mass is 9.98. The van der Waals surface area contributed by atoms with Crippen LogP contribution in [0.25, 0.3) is 6.08 Å². The molecule has 1 aliphatic heterocycles. The van der Waals surface area contributed by atoms with Gasteiger partial charge in [0.2, 0.25) is 0 Å². The molecule has 1 aliphatic rings. The van der Waals surface area contributed by atoms with Crippen LogP contribution in [0.4, 0.5) is 0 Å². The first-order valence-corrected chi connectivity index (χ1v) is 14.4. The highest BCUT2D eigenvalue weighted by molar-refractivity contribution is 5.93. The fourth-order valence-corrected chi connectivity index (χ4v) is 4.38. The Kier molecular flexibility index (Phi) is 14.1. The zero-order chi connectivity index (χ0) is 31.7. The molecule has 3 rings (SSSR count). The van der Waals surface area contributed by atoms with Gasteiger partial charge in [-0.15, -0.1) is 10.1 Å². The van der Waals surface area contributed by atoms with E-state index < -0.39 is 23.1 Å². The standard InChI is InChI=1S/C31H38N2O11/c1-3-4-10-26(43-30(35)22-32-15-19-40-20-16-32)24-8-5-6-9-25(24)31(36)44-27-13-11-23(21-28(27)39-2)12-14-29(34)41-17-7-18-42-33(37)38/h5-6,8-9,11-14,21,26H,3-4,7,10,15-20,22H2,1-2H3/b14-12+/t26-/m0/s1. The van der Waals surface area contributed by atoms with Crippen molar-refractivity contribution in [1.82, 2.24) is 4.90 Å². The highest BCUT2D eigenvalue weighted by Crippen LogP contribution is 2.32. The number of nitrogens with zero attached hydrogens (tertiary/aromatic N) is 2. The average Bonchev–Trinajstić information content (AvgIpc) is 3.02. The Morgan fingerprint density at radius 3 is 2.57 bits per heavy atom. The summed E-state index contributed by atoms with van der Waals surface area (Å²) >= 11 is 0. The molecule has 0 bridgehead atoms. The fraction of sp³-hybridized carbons (Fsp3) is 0.452. The monoisotopic (exact) mass is 614 g/mol. The summed E-state index contributed by atoms with van der Waals surface area (Å²) < 4.78 is 27.4. The van der Waals surface area contributed by atoms with Gasteiger partial charge < -0.3 is 28.5 Å². The van der Waals surface area contributed by atoms with Gasteiger partial charge in [0.1, 0.15) is 6.10 Å². The third-order valence-electron chi connectivity index (χ3n) is 6.61. The largest absolute Gasteiger partial charge is 0.493 e. The van der Waals surface area contributed by atoms with Crippen molar-refractivity contribution >= 4 is 24.0 Å². The maximum Gasteiger partial charge on any atom is 0.344 e. The molecular formula is C31H38N2O11. The average molecular weight is 615 g/mol. The van der Waals surface area contributed by atoms with Crippen LogP contribution >= 0.6 is 0 Å². The normalized spacial score (nSPS) is 14.0. The highest BCUT2D eigenvalue weighted by atomic mass is 16.9. The number of carbonyl (C=O) groups is 3. The Morgan fingerprint density at radius 1 is 1.07 bits per heavy atom. The first-order chi connectivity index (χ1) is 21.3. The van der Waals surface area contributed by atoms with Gasteiger partial charge in [-0.25, -0.2) is 9.59 Å². The third-order valence-corrected chi connectivity index (χ3v) is 6.61. The van der Waals surface area contributed by atoms with Gasteiger partial charge >= 0.3 is 17.9 Å². The van der Waals surface area contributed by atoms with Crippen LogP contribution in [-0.2, 0) is 28.6 Å². The molecule has 0 saturated carbocycles. The van der Waals surface area contributed by atoms with Crippen LogP contribution in [0.5, 0.6) is 11.5 Å². The number of morpholine rings is 1. The predicted octanol–water partition coefficient (Wildman–Crippen LogP) is 4.18. The molecule has 0 unspecified atom stereocenters. The molecule has 0 radical (unpaired) electrons. The minimum atomic E-state index is -0.912. The molecule has 0 amide bonds. The lowest BCUT2D eigenvalue weighted by Crippen LogP contribution is -2.40. The van der Waals surface area contributed by atoms with Crippen LogP contribution in [-0.4, -0.2) is 81.1 Å². The molecule has 2 aromatic rings. The van der Waals surface area contributed by atoms with E-state index in [1.54, 1.807) is 36.4 Å². The number of hydrogen-bond acceptors (Lipinski definition) is 12. The molecule has 0 spiro atoms. The molecule has 2 aromatic carbocycles. The Labute approximate surface area is 255 Å². The van der Waals surface area contributed by atoms with Crippen LogP contribution in [0.3, 0.4) is 0 Å². The summed E-state index contributed by atoms with van der Waals surface area (Å²) in [6.45, 7) is 4.42. The molecule has 1 heterocycles. The number of benzene rings is 2. The van der Waals surface area contributed by atoms with Gasteiger partial charge in [0.05, 0.1) is 45.6 Å². The number of methoxy groups -OCH3 is 1. The van der Waals surface area contributed by atoms with Crippen LogP contribution in [0.15, 0.2) is 48.5 Å². The molecule has 1 saturated heterocycles. The summed E-state index contributed by atoms with van der Waals surface area (Å²) in [7, 11) is 1.42. The summed E-state index contributed by atoms with van der Waals surface area (Å²) in [5.41, 5.74) is 1.40. The highest BCUT2D eigenvalue weighted by Gasteiger charge is 2.25. The molecular weight excluding hydrogens is 576 g/mol. The van der Waals surface area contributed by atoms with E-state index in [1.807, 2.05) is 11.8 Å². The molecule has 238 valence electrons. The Hall–Kier alpha value is -4.49. The van der Waals surface area contributed by atoms with Gasteiger partial charge in [0.15, 0.2) is 11.5 Å². The van der Waals surface area contributed by atoms with Crippen LogP contribution in [0.1, 0.15) is 60.2 Å². The quantitative estimate of drug-likeness (QED) is 0.0627. The molecule has 0 aromatic heterocycles. The van der Waals surface area contributed by atoms with Crippen molar-refractivity contribution in [1.29, 1.82) is 0 Å². The smallest absolute Gasteiger partial charge is 0.344 e. The van der Waals surface area contributed by atoms with Crippen LogP contribution in [0, 0.1) is 10.1 Å². The van der Waals surface area contributed by atoms with E-state index >= 15 is 0 Å². The summed E-state index contributed by atoms with van der Waals surface area (Å²) in [5.74, 6) is -1.23. The Morgan fingerprint density at radius 2 is 1.84 bits per heavy atom. The molecule has 1 fully saturated rings. The van der Waals surface area contributed by atoms with Crippen molar-refractivity contribution in [2.24, 2.45) is 0 Å². The Bertz CT molecular complexity index is 1290. The fourth-order valence-electron chi connectivity index (χ4n) is 4.38. The van der Waals surface area contributed by atoms with Crippen molar-refractivity contribution in [2.45, 2.75) is 38.7 Å². The molecule has 44 heavy (non-hydrogen) atoms.